The van der Waals surface area contributed by atoms with Gasteiger partial charge in [0.1, 0.15) is 5.82 Å². The van der Waals surface area contributed by atoms with Gasteiger partial charge >= 0.3 is 0 Å². The smallest absolute Gasteiger partial charge is 0.251 e. The van der Waals surface area contributed by atoms with Gasteiger partial charge in [-0.15, -0.1) is 0 Å². The van der Waals surface area contributed by atoms with Gasteiger partial charge in [0.25, 0.3) is 5.91 Å². The van der Waals surface area contributed by atoms with Crippen molar-refractivity contribution in [2.45, 2.75) is 45.6 Å². The fourth-order valence-electron chi connectivity index (χ4n) is 2.14. The monoisotopic (exact) mass is 261 g/mol. The van der Waals surface area contributed by atoms with E-state index in [1.54, 1.807) is 12.3 Å². The maximum absolute atomic E-state index is 12.1. The van der Waals surface area contributed by atoms with Gasteiger partial charge in [-0.1, -0.05) is 19.8 Å². The highest BCUT2D eigenvalue weighted by atomic mass is 16.1. The molecule has 0 radical (unpaired) electrons. The number of amides is 1. The third-order valence-electron chi connectivity index (χ3n) is 3.34. The Balaban J connectivity index is 1.89. The highest BCUT2D eigenvalue weighted by Crippen LogP contribution is 2.33. The Morgan fingerprint density at radius 3 is 3.00 bits per heavy atom. The standard InChI is InChI=1S/C15H23N3O/c1-3-7-16-14-10-13(6-8-17-14)15(19)18-11(2)9-12-4-5-12/h6,8,10-12H,3-5,7,9H2,1-2H3,(H,16,17)(H,18,19). The first-order chi connectivity index (χ1) is 9.19. The first-order valence-electron chi connectivity index (χ1n) is 7.19. The molecule has 1 aliphatic rings. The number of aromatic nitrogens is 1. The van der Waals surface area contributed by atoms with E-state index in [-0.39, 0.29) is 11.9 Å². The van der Waals surface area contributed by atoms with Gasteiger partial charge in [0.15, 0.2) is 0 Å². The summed E-state index contributed by atoms with van der Waals surface area (Å²) >= 11 is 0. The molecule has 104 valence electrons. The summed E-state index contributed by atoms with van der Waals surface area (Å²) in [5, 5.41) is 6.25. The highest BCUT2D eigenvalue weighted by molar-refractivity contribution is 5.94. The maximum Gasteiger partial charge on any atom is 0.251 e. The molecule has 1 saturated carbocycles. The molecule has 4 heteroatoms. The number of carbonyl (C=O) groups excluding carboxylic acids is 1. The fraction of sp³-hybridized carbons (Fsp3) is 0.600. The minimum Gasteiger partial charge on any atom is -0.370 e. The molecule has 4 nitrogen and oxygen atoms in total. The molecular formula is C15H23N3O. The summed E-state index contributed by atoms with van der Waals surface area (Å²) in [6.45, 7) is 5.05. The van der Waals surface area contributed by atoms with Gasteiger partial charge in [-0.25, -0.2) is 4.98 Å². The zero-order chi connectivity index (χ0) is 13.7. The number of rotatable bonds is 7. The van der Waals surface area contributed by atoms with Crippen LogP contribution in [0.5, 0.6) is 0 Å². The molecule has 0 saturated heterocycles. The van der Waals surface area contributed by atoms with Crippen LogP contribution < -0.4 is 10.6 Å². The molecule has 1 fully saturated rings. The first kappa shape index (κ1) is 13.8. The van der Waals surface area contributed by atoms with Gasteiger partial charge in [0, 0.05) is 24.3 Å². The molecule has 1 aliphatic carbocycles. The predicted molar refractivity (Wildman–Crippen MR) is 77.3 cm³/mol. The molecule has 0 aliphatic heterocycles. The van der Waals surface area contributed by atoms with Gasteiger partial charge in [0.05, 0.1) is 0 Å². The van der Waals surface area contributed by atoms with Crippen molar-refractivity contribution in [3.8, 4) is 0 Å². The lowest BCUT2D eigenvalue weighted by atomic mass is 10.1. The van der Waals surface area contributed by atoms with Crippen LogP contribution in [0.1, 0.15) is 49.9 Å². The second-order valence-corrected chi connectivity index (χ2v) is 5.41. The molecule has 1 heterocycles. The normalized spacial score (nSPS) is 15.9. The van der Waals surface area contributed by atoms with E-state index in [2.05, 4.69) is 29.5 Å². The Bertz CT molecular complexity index is 429. The van der Waals surface area contributed by atoms with Crippen molar-refractivity contribution >= 4 is 11.7 Å². The Morgan fingerprint density at radius 1 is 1.53 bits per heavy atom. The lowest BCUT2D eigenvalue weighted by Crippen LogP contribution is -2.32. The van der Waals surface area contributed by atoms with Crippen LogP contribution in [0.2, 0.25) is 0 Å². The van der Waals surface area contributed by atoms with Crippen LogP contribution in [0.15, 0.2) is 18.3 Å². The molecule has 0 aromatic carbocycles. The second kappa shape index (κ2) is 6.55. The Hall–Kier alpha value is -1.58. The molecule has 1 amide bonds. The lowest BCUT2D eigenvalue weighted by Gasteiger charge is -2.13. The van der Waals surface area contributed by atoms with Crippen LogP contribution in [0.4, 0.5) is 5.82 Å². The zero-order valence-electron chi connectivity index (χ0n) is 11.8. The van der Waals surface area contributed by atoms with E-state index in [1.807, 2.05) is 6.07 Å². The summed E-state index contributed by atoms with van der Waals surface area (Å²) in [6.07, 6.45) is 6.45. The number of nitrogens with one attached hydrogen (secondary N) is 2. The lowest BCUT2D eigenvalue weighted by molar-refractivity contribution is 0.0937. The van der Waals surface area contributed by atoms with Crippen LogP contribution in [0, 0.1) is 5.92 Å². The molecule has 1 atom stereocenters. The minimum absolute atomic E-state index is 0.00454. The van der Waals surface area contributed by atoms with Crippen molar-refractivity contribution in [1.29, 1.82) is 0 Å². The summed E-state index contributed by atoms with van der Waals surface area (Å²) < 4.78 is 0. The number of carbonyl (C=O) groups is 1. The highest BCUT2D eigenvalue weighted by Gasteiger charge is 2.24. The first-order valence-corrected chi connectivity index (χ1v) is 7.19. The zero-order valence-corrected chi connectivity index (χ0v) is 11.8. The van der Waals surface area contributed by atoms with Crippen molar-refractivity contribution in [3.63, 3.8) is 0 Å². The summed E-state index contributed by atoms with van der Waals surface area (Å²) in [7, 11) is 0. The van der Waals surface area contributed by atoms with Crippen molar-refractivity contribution < 1.29 is 4.79 Å². The summed E-state index contributed by atoms with van der Waals surface area (Å²) in [6, 6.07) is 3.82. The SMILES string of the molecule is CCCNc1cc(C(=O)NC(C)CC2CC2)ccn1. The molecule has 19 heavy (non-hydrogen) atoms. The van der Waals surface area contributed by atoms with Gasteiger partial charge in [-0.2, -0.15) is 0 Å². The molecular weight excluding hydrogens is 238 g/mol. The summed E-state index contributed by atoms with van der Waals surface area (Å²) in [5.74, 6) is 1.59. The average Bonchev–Trinajstić information content (AvgIpc) is 3.20. The van der Waals surface area contributed by atoms with E-state index in [0.29, 0.717) is 5.56 Å². The molecule has 1 aromatic heterocycles. The third kappa shape index (κ3) is 4.54. The van der Waals surface area contributed by atoms with E-state index < -0.39 is 0 Å². The molecule has 0 spiro atoms. The maximum atomic E-state index is 12.1. The van der Waals surface area contributed by atoms with Crippen molar-refractivity contribution in [2.24, 2.45) is 5.92 Å². The van der Waals surface area contributed by atoms with Gasteiger partial charge in [-0.3, -0.25) is 4.79 Å². The molecule has 1 aromatic rings. The average molecular weight is 261 g/mol. The minimum atomic E-state index is -0.00454. The van der Waals surface area contributed by atoms with E-state index in [4.69, 9.17) is 0 Å². The van der Waals surface area contributed by atoms with E-state index in [1.165, 1.54) is 12.8 Å². The summed E-state index contributed by atoms with van der Waals surface area (Å²) in [5.41, 5.74) is 0.677. The van der Waals surface area contributed by atoms with Crippen LogP contribution in [-0.2, 0) is 0 Å². The van der Waals surface area contributed by atoms with Gasteiger partial charge in [0.2, 0.25) is 0 Å². The van der Waals surface area contributed by atoms with Crippen molar-refractivity contribution in [3.05, 3.63) is 23.9 Å². The second-order valence-electron chi connectivity index (χ2n) is 5.41. The summed E-state index contributed by atoms with van der Waals surface area (Å²) in [4.78, 5) is 16.3. The molecule has 2 rings (SSSR count). The third-order valence-corrected chi connectivity index (χ3v) is 3.34. The number of anilines is 1. The quantitative estimate of drug-likeness (QED) is 0.793. The number of hydrogen-bond donors (Lipinski definition) is 2. The van der Waals surface area contributed by atoms with E-state index >= 15 is 0 Å². The predicted octanol–water partition coefficient (Wildman–Crippen LogP) is 2.82. The molecule has 1 unspecified atom stereocenters. The van der Waals surface area contributed by atoms with Crippen LogP contribution in [-0.4, -0.2) is 23.5 Å². The number of pyridine rings is 1. The van der Waals surface area contributed by atoms with Crippen LogP contribution >= 0.6 is 0 Å². The Morgan fingerprint density at radius 2 is 2.32 bits per heavy atom. The number of hydrogen-bond acceptors (Lipinski definition) is 3. The van der Waals surface area contributed by atoms with Crippen LogP contribution in [0.25, 0.3) is 0 Å². The largest absolute Gasteiger partial charge is 0.370 e. The van der Waals surface area contributed by atoms with Gasteiger partial charge in [-0.05, 0) is 37.8 Å². The van der Waals surface area contributed by atoms with Gasteiger partial charge < -0.3 is 10.6 Å². The Kier molecular flexibility index (Phi) is 4.77. The topological polar surface area (TPSA) is 54.0 Å². The van der Waals surface area contributed by atoms with Crippen molar-refractivity contribution in [1.82, 2.24) is 10.3 Å². The molecule has 2 N–H and O–H groups in total. The number of nitrogens with zero attached hydrogens (tertiary/aromatic N) is 1. The van der Waals surface area contributed by atoms with Crippen LogP contribution in [0.3, 0.4) is 0 Å². The fourth-order valence-corrected chi connectivity index (χ4v) is 2.14. The van der Waals surface area contributed by atoms with E-state index in [9.17, 15) is 4.79 Å². The van der Waals surface area contributed by atoms with Crippen molar-refractivity contribution in [2.75, 3.05) is 11.9 Å². The Labute approximate surface area is 115 Å². The molecule has 0 bridgehead atoms. The van der Waals surface area contributed by atoms with E-state index in [0.717, 1.165) is 31.1 Å².